The molecule has 7 rings (SSSR count). The molecule has 7 heteroatoms. The molecule has 4 bridgehead atoms. The van der Waals surface area contributed by atoms with E-state index in [0.29, 0.717) is 24.0 Å². The van der Waals surface area contributed by atoms with E-state index in [9.17, 15) is 4.79 Å². The fourth-order valence-corrected chi connectivity index (χ4v) is 8.96. The van der Waals surface area contributed by atoms with Crippen LogP contribution in [0.15, 0.2) is 12.1 Å². The van der Waals surface area contributed by atoms with Crippen LogP contribution in [0.25, 0.3) is 0 Å². The lowest BCUT2D eigenvalue weighted by atomic mass is 9.53. The third-order valence-electron chi connectivity index (χ3n) is 9.98. The smallest absolute Gasteiger partial charge is 0.251 e. The maximum atomic E-state index is 13.8. The highest BCUT2D eigenvalue weighted by molar-refractivity contribution is 5.96. The number of amides is 1. The molecule has 3 atom stereocenters. The van der Waals surface area contributed by atoms with E-state index in [1.807, 2.05) is 12.1 Å². The minimum atomic E-state index is -0.350. The first-order valence-corrected chi connectivity index (χ1v) is 14.2. The van der Waals surface area contributed by atoms with Gasteiger partial charge in [-0.3, -0.25) is 4.79 Å². The van der Waals surface area contributed by atoms with Crippen molar-refractivity contribution >= 4 is 5.91 Å². The molecule has 1 aliphatic heterocycles. The summed E-state index contributed by atoms with van der Waals surface area (Å²) in [6.45, 7) is 4.76. The van der Waals surface area contributed by atoms with E-state index >= 15 is 0 Å². The second kappa shape index (κ2) is 9.73. The van der Waals surface area contributed by atoms with Gasteiger partial charge >= 0.3 is 0 Å². The van der Waals surface area contributed by atoms with Crippen LogP contribution in [-0.2, 0) is 14.2 Å². The number of rotatable bonds is 8. The van der Waals surface area contributed by atoms with Crippen LogP contribution < -0.4 is 14.8 Å². The van der Waals surface area contributed by atoms with Crippen molar-refractivity contribution in [3.8, 4) is 11.5 Å². The highest BCUT2D eigenvalue weighted by Gasteiger charge is 2.52. The summed E-state index contributed by atoms with van der Waals surface area (Å²) in [7, 11) is 3.28. The van der Waals surface area contributed by atoms with E-state index in [1.165, 1.54) is 19.3 Å². The van der Waals surface area contributed by atoms with E-state index in [0.717, 1.165) is 67.6 Å². The van der Waals surface area contributed by atoms with Crippen molar-refractivity contribution < 1.29 is 28.5 Å². The summed E-state index contributed by atoms with van der Waals surface area (Å²) in [5.74, 6) is 4.29. The minimum absolute atomic E-state index is 0.0134. The highest BCUT2D eigenvalue weighted by atomic mass is 16.7. The zero-order chi connectivity index (χ0) is 25.8. The Labute approximate surface area is 220 Å². The van der Waals surface area contributed by atoms with Crippen LogP contribution in [-0.4, -0.2) is 51.0 Å². The van der Waals surface area contributed by atoms with Crippen molar-refractivity contribution in [3.63, 3.8) is 0 Å². The number of benzene rings is 1. The van der Waals surface area contributed by atoms with Gasteiger partial charge in [0.15, 0.2) is 6.79 Å². The van der Waals surface area contributed by atoms with Crippen LogP contribution in [0.3, 0.4) is 0 Å². The van der Waals surface area contributed by atoms with Crippen molar-refractivity contribution in [1.82, 2.24) is 5.32 Å². The maximum absolute atomic E-state index is 13.8. The number of methoxy groups -OCH3 is 2. The molecule has 1 N–H and O–H groups in total. The zero-order valence-electron chi connectivity index (χ0n) is 22.8. The minimum Gasteiger partial charge on any atom is -0.487 e. The lowest BCUT2D eigenvalue weighted by Gasteiger charge is -2.56. The summed E-state index contributed by atoms with van der Waals surface area (Å²) < 4.78 is 29.2. The van der Waals surface area contributed by atoms with Gasteiger partial charge in [0.2, 0.25) is 0 Å². The quantitative estimate of drug-likeness (QED) is 0.469. The van der Waals surface area contributed by atoms with Crippen LogP contribution in [0, 0.1) is 23.7 Å². The Morgan fingerprint density at radius 3 is 2.30 bits per heavy atom. The van der Waals surface area contributed by atoms with Crippen molar-refractivity contribution in [1.29, 1.82) is 0 Å². The first-order valence-electron chi connectivity index (χ1n) is 14.2. The van der Waals surface area contributed by atoms with Crippen LogP contribution in [0.5, 0.6) is 11.5 Å². The Kier molecular flexibility index (Phi) is 6.69. The Morgan fingerprint density at radius 1 is 0.973 bits per heavy atom. The number of carbonyl (C=O) groups is 1. The van der Waals surface area contributed by atoms with E-state index in [2.05, 4.69) is 19.2 Å². The van der Waals surface area contributed by atoms with E-state index < -0.39 is 0 Å². The molecule has 7 nitrogen and oxygen atoms in total. The molecule has 5 aliphatic carbocycles. The van der Waals surface area contributed by atoms with E-state index in [-0.39, 0.29) is 35.9 Å². The predicted octanol–water partition coefficient (Wildman–Crippen LogP) is 5.41. The summed E-state index contributed by atoms with van der Waals surface area (Å²) in [6.07, 6.45) is 10.4. The third-order valence-corrected chi connectivity index (χ3v) is 9.98. The normalized spacial score (nSPS) is 36.9. The molecular formula is C30H43NO6. The summed E-state index contributed by atoms with van der Waals surface area (Å²) in [4.78, 5) is 13.8. The molecule has 0 saturated heterocycles. The Hall–Kier alpha value is -1.83. The average Bonchev–Trinajstić information content (AvgIpc) is 2.84. The van der Waals surface area contributed by atoms with Crippen LogP contribution in [0.4, 0.5) is 0 Å². The van der Waals surface area contributed by atoms with Gasteiger partial charge in [-0.15, -0.1) is 0 Å². The first-order chi connectivity index (χ1) is 17.8. The molecule has 1 aromatic rings. The molecule has 0 radical (unpaired) electrons. The molecule has 0 aromatic heterocycles. The standard InChI is InChI=1S/C30H43NO6/c1-29(2)24-6-5-22(35-16-33-3)12-23(24)27-25(36-17-34-4)10-21(11-26(27)37-29)28(32)31-30-13-18-7-19(14-30)9-20(8-18)15-30/h10-11,18-20,22-24H,5-9,12-17H2,1-4H3,(H,31,32)/t18?,19?,20?,22-,23+,24+,30?/m0/s1. The summed E-state index contributed by atoms with van der Waals surface area (Å²) in [6, 6.07) is 3.86. The largest absolute Gasteiger partial charge is 0.487 e. The van der Waals surface area contributed by atoms with Gasteiger partial charge in [-0.05, 0) is 102 Å². The number of ether oxygens (including phenoxy) is 5. The summed E-state index contributed by atoms with van der Waals surface area (Å²) in [5.41, 5.74) is 1.25. The van der Waals surface area contributed by atoms with Gasteiger partial charge in [0, 0.05) is 42.7 Å². The van der Waals surface area contributed by atoms with Crippen molar-refractivity contribution in [2.24, 2.45) is 23.7 Å². The second-order valence-corrected chi connectivity index (χ2v) is 13.0. The molecule has 37 heavy (non-hydrogen) atoms. The Balaban J connectivity index is 1.31. The molecular weight excluding hydrogens is 470 g/mol. The Bertz CT molecular complexity index is 986. The van der Waals surface area contributed by atoms with Crippen LogP contribution in [0.1, 0.15) is 93.5 Å². The molecule has 0 spiro atoms. The molecule has 1 heterocycles. The number of carbonyl (C=O) groups excluding carboxylic acids is 1. The number of fused-ring (bicyclic) bond motifs is 3. The van der Waals surface area contributed by atoms with E-state index in [1.54, 1.807) is 14.2 Å². The molecule has 204 valence electrons. The molecule has 5 saturated carbocycles. The number of nitrogens with one attached hydrogen (secondary N) is 1. The predicted molar refractivity (Wildman–Crippen MR) is 139 cm³/mol. The topological polar surface area (TPSA) is 75.3 Å². The second-order valence-electron chi connectivity index (χ2n) is 13.0. The van der Waals surface area contributed by atoms with Crippen LogP contribution >= 0.6 is 0 Å². The molecule has 1 amide bonds. The SMILES string of the molecule is COCOc1cc(C(=O)NC23CC4CC(CC(C4)C2)C3)cc2c1[C@@H]1C[C@@H](OCOC)CC[C@H]1C(C)(C)O2. The lowest BCUT2D eigenvalue weighted by Crippen LogP contribution is -2.59. The number of hydrogen-bond donors (Lipinski definition) is 1. The van der Waals surface area contributed by atoms with Gasteiger partial charge in [-0.1, -0.05) is 0 Å². The number of hydrogen-bond acceptors (Lipinski definition) is 6. The third kappa shape index (κ3) is 4.76. The molecule has 6 aliphatic rings. The molecule has 1 aromatic carbocycles. The van der Waals surface area contributed by atoms with Crippen molar-refractivity contribution in [2.45, 2.75) is 94.8 Å². The zero-order valence-corrected chi connectivity index (χ0v) is 22.8. The molecule has 0 unspecified atom stereocenters. The van der Waals surface area contributed by atoms with Gasteiger partial charge in [-0.25, -0.2) is 0 Å². The molecule has 5 fully saturated rings. The first kappa shape index (κ1) is 25.4. The fraction of sp³-hybridized carbons (Fsp3) is 0.767. The fourth-order valence-electron chi connectivity index (χ4n) is 8.96. The lowest BCUT2D eigenvalue weighted by molar-refractivity contribution is -0.105. The van der Waals surface area contributed by atoms with Gasteiger partial charge < -0.3 is 29.0 Å². The van der Waals surface area contributed by atoms with Crippen LogP contribution in [0.2, 0.25) is 0 Å². The Morgan fingerprint density at radius 2 is 1.65 bits per heavy atom. The van der Waals surface area contributed by atoms with Gasteiger partial charge in [0.1, 0.15) is 23.9 Å². The maximum Gasteiger partial charge on any atom is 0.251 e. The monoisotopic (exact) mass is 513 g/mol. The van der Waals surface area contributed by atoms with Gasteiger partial charge in [0.05, 0.1) is 6.10 Å². The van der Waals surface area contributed by atoms with Crippen molar-refractivity contribution in [3.05, 3.63) is 23.3 Å². The van der Waals surface area contributed by atoms with Crippen molar-refractivity contribution in [2.75, 3.05) is 27.8 Å². The average molecular weight is 514 g/mol. The summed E-state index contributed by atoms with van der Waals surface area (Å²) >= 11 is 0. The van der Waals surface area contributed by atoms with E-state index in [4.69, 9.17) is 23.7 Å². The van der Waals surface area contributed by atoms with Gasteiger partial charge in [0.25, 0.3) is 5.91 Å². The summed E-state index contributed by atoms with van der Waals surface area (Å²) in [5, 5.41) is 3.52. The van der Waals surface area contributed by atoms with Gasteiger partial charge in [-0.2, -0.15) is 0 Å². The highest BCUT2D eigenvalue weighted by Crippen LogP contribution is 2.57.